The van der Waals surface area contributed by atoms with Gasteiger partial charge in [-0.1, -0.05) is 12.1 Å². The number of nitrogens with zero attached hydrogens (tertiary/aromatic N) is 2. The maximum Gasteiger partial charge on any atom is 0.311 e. The first-order valence-electron chi connectivity index (χ1n) is 9.91. The molecule has 0 saturated heterocycles. The zero-order chi connectivity index (χ0) is 23.3. The van der Waals surface area contributed by atoms with Gasteiger partial charge in [-0.15, -0.1) is 0 Å². The van der Waals surface area contributed by atoms with Crippen LogP contribution >= 0.6 is 12.2 Å². The summed E-state index contributed by atoms with van der Waals surface area (Å²) in [5.74, 6) is -0.452. The molecule has 0 bridgehead atoms. The number of aryl methyl sites for hydroxylation is 2. The zero-order valence-corrected chi connectivity index (χ0v) is 18.7. The number of rotatable bonds is 7. The number of carbonyl (C=O) groups excluding carboxylic acids is 1. The number of aromatic amines is 1. The lowest BCUT2D eigenvalue weighted by Crippen LogP contribution is -2.34. The van der Waals surface area contributed by atoms with Crippen molar-refractivity contribution in [3.05, 3.63) is 80.7 Å². The third-order valence-corrected chi connectivity index (χ3v) is 5.02. The Morgan fingerprint density at radius 2 is 1.94 bits per heavy atom. The van der Waals surface area contributed by atoms with Gasteiger partial charge in [-0.05, 0) is 62.8 Å². The molecule has 0 aliphatic carbocycles. The number of hydrogen-bond donors (Lipinski definition) is 3. The minimum atomic E-state index is -0.591. The number of nitro benzene ring substituents is 1. The van der Waals surface area contributed by atoms with Gasteiger partial charge in [0.25, 0.3) is 5.91 Å². The zero-order valence-electron chi connectivity index (χ0n) is 17.9. The van der Waals surface area contributed by atoms with Crippen molar-refractivity contribution in [1.29, 1.82) is 0 Å². The van der Waals surface area contributed by atoms with Crippen LogP contribution in [0.15, 0.2) is 42.5 Å². The number of thiocarbonyl (C=S) groups is 1. The van der Waals surface area contributed by atoms with Crippen molar-refractivity contribution < 1.29 is 14.5 Å². The van der Waals surface area contributed by atoms with Crippen molar-refractivity contribution in [2.24, 2.45) is 0 Å². The second-order valence-electron chi connectivity index (χ2n) is 7.07. The van der Waals surface area contributed by atoms with Gasteiger partial charge >= 0.3 is 5.69 Å². The smallest absolute Gasteiger partial charge is 0.311 e. The molecule has 0 atom stereocenters. The van der Waals surface area contributed by atoms with Gasteiger partial charge in [0.05, 0.1) is 17.2 Å². The molecular weight excluding hydrogens is 430 g/mol. The molecule has 1 heterocycles. The van der Waals surface area contributed by atoms with E-state index in [1.807, 2.05) is 38.1 Å². The van der Waals surface area contributed by atoms with Gasteiger partial charge in [0.15, 0.2) is 10.9 Å². The molecule has 1 aromatic heterocycles. The number of benzene rings is 2. The van der Waals surface area contributed by atoms with E-state index in [1.165, 1.54) is 12.1 Å². The molecule has 0 aliphatic heterocycles. The number of aromatic nitrogens is 2. The lowest BCUT2D eigenvalue weighted by molar-refractivity contribution is -0.385. The van der Waals surface area contributed by atoms with Crippen LogP contribution in [0.3, 0.4) is 0 Å². The number of nitrogens with one attached hydrogen (secondary N) is 3. The van der Waals surface area contributed by atoms with E-state index < -0.39 is 10.8 Å². The topological polar surface area (TPSA) is 122 Å². The number of amides is 1. The molecule has 0 saturated carbocycles. The van der Waals surface area contributed by atoms with E-state index in [2.05, 4.69) is 20.8 Å². The highest BCUT2D eigenvalue weighted by Crippen LogP contribution is 2.28. The van der Waals surface area contributed by atoms with Gasteiger partial charge in [-0.3, -0.25) is 25.3 Å². The summed E-state index contributed by atoms with van der Waals surface area (Å²) in [6.45, 7) is 5.96. The average Bonchev–Trinajstić information content (AvgIpc) is 3.07. The summed E-state index contributed by atoms with van der Waals surface area (Å²) in [6, 6.07) is 11.7. The standard InChI is InChI=1S/C22H23N5O4S/c1-4-31-20-10-7-16(12-19(20)27(29)30)21(28)24-22(32)23-17-8-5-15(6-9-17)11-18-13(2)25-26-14(18)3/h5-10,12H,4,11H2,1-3H3,(H,25,26)(H2,23,24,28,32). The second-order valence-corrected chi connectivity index (χ2v) is 7.48. The highest BCUT2D eigenvalue weighted by atomic mass is 32.1. The van der Waals surface area contributed by atoms with Gasteiger partial charge in [-0.25, -0.2) is 0 Å². The molecule has 3 N–H and O–H groups in total. The van der Waals surface area contributed by atoms with Crippen molar-refractivity contribution in [2.75, 3.05) is 11.9 Å². The molecule has 0 fully saturated rings. The summed E-state index contributed by atoms with van der Waals surface area (Å²) in [4.78, 5) is 23.1. The van der Waals surface area contributed by atoms with Crippen LogP contribution in [-0.4, -0.2) is 32.7 Å². The first-order chi connectivity index (χ1) is 15.3. The van der Waals surface area contributed by atoms with Crippen LogP contribution in [0.4, 0.5) is 11.4 Å². The number of hydrogen-bond acceptors (Lipinski definition) is 6. The molecule has 0 radical (unpaired) electrons. The van der Waals surface area contributed by atoms with E-state index >= 15 is 0 Å². The fourth-order valence-electron chi connectivity index (χ4n) is 3.16. The summed E-state index contributed by atoms with van der Waals surface area (Å²) in [5.41, 5.74) is 4.82. The molecule has 0 spiro atoms. The van der Waals surface area contributed by atoms with Crippen LogP contribution in [0.5, 0.6) is 5.75 Å². The van der Waals surface area contributed by atoms with Crippen molar-refractivity contribution in [1.82, 2.24) is 15.5 Å². The molecule has 2 aromatic carbocycles. The number of carbonyl (C=O) groups is 1. The molecule has 166 valence electrons. The van der Waals surface area contributed by atoms with Crippen molar-refractivity contribution in [3.8, 4) is 5.75 Å². The fraction of sp³-hybridized carbons (Fsp3) is 0.227. The largest absolute Gasteiger partial charge is 0.487 e. The first-order valence-corrected chi connectivity index (χ1v) is 10.3. The molecule has 3 aromatic rings. The van der Waals surface area contributed by atoms with Crippen LogP contribution in [0.25, 0.3) is 0 Å². The van der Waals surface area contributed by atoms with Gasteiger partial charge in [0.1, 0.15) is 0 Å². The summed E-state index contributed by atoms with van der Waals surface area (Å²) in [6.07, 6.45) is 0.756. The van der Waals surface area contributed by atoms with Gasteiger partial charge < -0.3 is 10.1 Å². The summed E-state index contributed by atoms with van der Waals surface area (Å²) >= 11 is 5.21. The van der Waals surface area contributed by atoms with E-state index in [4.69, 9.17) is 17.0 Å². The normalized spacial score (nSPS) is 10.5. The molecule has 0 aliphatic rings. The minimum Gasteiger partial charge on any atom is -0.487 e. The SMILES string of the molecule is CCOc1ccc(C(=O)NC(=S)Nc2ccc(Cc3c(C)n[nH]c3C)cc2)cc1[N+](=O)[O-]. The summed E-state index contributed by atoms with van der Waals surface area (Å²) in [5, 5.41) is 24.0. The Bertz CT molecular complexity index is 1140. The van der Waals surface area contributed by atoms with E-state index in [0.717, 1.165) is 35.0 Å². The Labute approximate surface area is 190 Å². The molecule has 32 heavy (non-hydrogen) atoms. The predicted molar refractivity (Wildman–Crippen MR) is 125 cm³/mol. The fourth-order valence-corrected chi connectivity index (χ4v) is 3.37. The Kier molecular flexibility index (Phi) is 7.16. The maximum atomic E-state index is 12.5. The molecule has 0 unspecified atom stereocenters. The van der Waals surface area contributed by atoms with E-state index in [0.29, 0.717) is 5.69 Å². The minimum absolute atomic E-state index is 0.0841. The Morgan fingerprint density at radius 1 is 1.22 bits per heavy atom. The Hall–Kier alpha value is -3.79. The quantitative estimate of drug-likeness (QED) is 0.280. The Morgan fingerprint density at radius 3 is 2.53 bits per heavy atom. The van der Waals surface area contributed by atoms with Crippen molar-refractivity contribution >= 4 is 34.6 Å². The molecule has 3 rings (SSSR count). The highest BCUT2D eigenvalue weighted by Gasteiger charge is 2.19. The van der Waals surface area contributed by atoms with E-state index in [9.17, 15) is 14.9 Å². The lowest BCUT2D eigenvalue weighted by atomic mass is 10.0. The van der Waals surface area contributed by atoms with Crippen molar-refractivity contribution in [3.63, 3.8) is 0 Å². The van der Waals surface area contributed by atoms with Crippen LogP contribution in [0, 0.1) is 24.0 Å². The van der Waals surface area contributed by atoms with Gasteiger partial charge in [-0.2, -0.15) is 5.10 Å². The third-order valence-electron chi connectivity index (χ3n) is 4.82. The predicted octanol–water partition coefficient (Wildman–Crippen LogP) is 4.05. The summed E-state index contributed by atoms with van der Waals surface area (Å²) < 4.78 is 5.23. The number of anilines is 1. The summed E-state index contributed by atoms with van der Waals surface area (Å²) in [7, 11) is 0. The molecular formula is C22H23N5O4S. The maximum absolute atomic E-state index is 12.5. The molecule has 9 nitrogen and oxygen atoms in total. The number of H-pyrrole nitrogens is 1. The molecule has 1 amide bonds. The van der Waals surface area contributed by atoms with Crippen LogP contribution < -0.4 is 15.4 Å². The van der Waals surface area contributed by atoms with Gasteiger partial charge in [0.2, 0.25) is 0 Å². The third kappa shape index (κ3) is 5.46. The van der Waals surface area contributed by atoms with E-state index in [1.54, 1.807) is 6.92 Å². The number of nitro groups is 1. The van der Waals surface area contributed by atoms with Crippen LogP contribution in [0.1, 0.15) is 39.8 Å². The van der Waals surface area contributed by atoms with Crippen LogP contribution in [-0.2, 0) is 6.42 Å². The van der Waals surface area contributed by atoms with E-state index in [-0.39, 0.29) is 28.7 Å². The highest BCUT2D eigenvalue weighted by molar-refractivity contribution is 7.80. The second kappa shape index (κ2) is 10.0. The van der Waals surface area contributed by atoms with Gasteiger partial charge in [0, 0.05) is 35.0 Å². The molecule has 10 heteroatoms. The van der Waals surface area contributed by atoms with Crippen LogP contribution in [0.2, 0.25) is 0 Å². The average molecular weight is 454 g/mol. The van der Waals surface area contributed by atoms with Crippen molar-refractivity contribution in [2.45, 2.75) is 27.2 Å². The lowest BCUT2D eigenvalue weighted by Gasteiger charge is -2.11. The monoisotopic (exact) mass is 453 g/mol. The number of ether oxygens (including phenoxy) is 1. The first kappa shape index (κ1) is 22.9. The Balaban J connectivity index is 1.62.